The molecular weight excluding hydrogens is 156 g/mol. The second kappa shape index (κ2) is 3.90. The highest BCUT2D eigenvalue weighted by Gasteiger charge is 2.15. The summed E-state index contributed by atoms with van der Waals surface area (Å²) in [5.41, 5.74) is 0. The van der Waals surface area contributed by atoms with Gasteiger partial charge in [-0.25, -0.2) is 4.79 Å². The van der Waals surface area contributed by atoms with E-state index in [9.17, 15) is 4.79 Å². The van der Waals surface area contributed by atoms with E-state index in [-0.39, 0.29) is 12.0 Å². The normalized spacial score (nSPS) is 12.5. The number of hydrogen-bond acceptors (Lipinski definition) is 3. The van der Waals surface area contributed by atoms with E-state index in [1.165, 1.54) is 0 Å². The van der Waals surface area contributed by atoms with E-state index in [4.69, 9.17) is 4.74 Å². The lowest BCUT2D eigenvalue weighted by Crippen LogP contribution is -2.19. The summed E-state index contributed by atoms with van der Waals surface area (Å²) in [5.74, 6) is -0.249. The highest BCUT2D eigenvalue weighted by Crippen LogP contribution is 2.04. The van der Waals surface area contributed by atoms with E-state index in [0.717, 1.165) is 0 Å². The fraction of sp³-hybridized carbons (Fsp3) is 0.500. The van der Waals surface area contributed by atoms with E-state index in [1.54, 1.807) is 37.0 Å². The van der Waals surface area contributed by atoms with Crippen LogP contribution in [0.15, 0.2) is 18.5 Å². The molecule has 1 unspecified atom stereocenters. The van der Waals surface area contributed by atoms with Crippen molar-refractivity contribution in [2.45, 2.75) is 19.9 Å². The van der Waals surface area contributed by atoms with Crippen LogP contribution in [0, 0.1) is 0 Å². The number of hydrogen-bond donors (Lipinski definition) is 0. The molecule has 0 saturated carbocycles. The summed E-state index contributed by atoms with van der Waals surface area (Å²) in [6.45, 7) is 3.95. The Hall–Kier alpha value is -1.32. The zero-order valence-electron chi connectivity index (χ0n) is 7.23. The van der Waals surface area contributed by atoms with E-state index >= 15 is 0 Å². The van der Waals surface area contributed by atoms with Gasteiger partial charge in [-0.2, -0.15) is 5.10 Å². The van der Waals surface area contributed by atoms with E-state index < -0.39 is 0 Å². The van der Waals surface area contributed by atoms with Crippen LogP contribution in [0.1, 0.15) is 19.9 Å². The standard InChI is InChI=1S/C8H12N2O2/c1-3-12-8(11)7(2)10-6-4-5-9-10/h4-7H,3H2,1-2H3. The summed E-state index contributed by atoms with van der Waals surface area (Å²) in [7, 11) is 0. The van der Waals surface area contributed by atoms with E-state index in [1.807, 2.05) is 0 Å². The maximum absolute atomic E-state index is 11.2. The quantitative estimate of drug-likeness (QED) is 0.632. The van der Waals surface area contributed by atoms with Crippen molar-refractivity contribution >= 4 is 5.97 Å². The minimum absolute atomic E-state index is 0.249. The van der Waals surface area contributed by atoms with Gasteiger partial charge in [-0.05, 0) is 19.9 Å². The predicted octanol–water partition coefficient (Wildman–Crippen LogP) is 1.01. The van der Waals surface area contributed by atoms with Crippen molar-refractivity contribution in [3.63, 3.8) is 0 Å². The first-order valence-electron chi connectivity index (χ1n) is 3.91. The molecule has 1 aromatic heterocycles. The first kappa shape index (κ1) is 8.77. The molecule has 0 fully saturated rings. The lowest BCUT2D eigenvalue weighted by atomic mass is 10.3. The Kier molecular flexibility index (Phi) is 2.85. The molecule has 0 aliphatic rings. The molecule has 0 amide bonds. The van der Waals surface area contributed by atoms with Crippen molar-refractivity contribution in [2.75, 3.05) is 6.61 Å². The summed E-state index contributed by atoms with van der Waals surface area (Å²) >= 11 is 0. The van der Waals surface area contributed by atoms with E-state index in [0.29, 0.717) is 6.61 Å². The summed E-state index contributed by atoms with van der Waals surface area (Å²) in [5, 5.41) is 3.94. The lowest BCUT2D eigenvalue weighted by molar-refractivity contribution is -0.146. The summed E-state index contributed by atoms with van der Waals surface area (Å²) in [6, 6.07) is 1.44. The van der Waals surface area contributed by atoms with Crippen LogP contribution in [-0.2, 0) is 9.53 Å². The van der Waals surface area contributed by atoms with Gasteiger partial charge in [0.15, 0.2) is 0 Å². The van der Waals surface area contributed by atoms with Crippen LogP contribution in [0.3, 0.4) is 0 Å². The molecule has 12 heavy (non-hydrogen) atoms. The fourth-order valence-electron chi connectivity index (χ4n) is 0.881. The second-order valence-corrected chi connectivity index (χ2v) is 2.41. The fourth-order valence-corrected chi connectivity index (χ4v) is 0.881. The molecule has 0 aliphatic carbocycles. The highest BCUT2D eigenvalue weighted by atomic mass is 16.5. The molecule has 1 rings (SSSR count). The van der Waals surface area contributed by atoms with Gasteiger partial charge < -0.3 is 4.74 Å². The molecular formula is C8H12N2O2. The Balaban J connectivity index is 2.59. The van der Waals surface area contributed by atoms with Crippen molar-refractivity contribution in [1.82, 2.24) is 9.78 Å². The third kappa shape index (κ3) is 1.84. The number of aromatic nitrogens is 2. The van der Waals surface area contributed by atoms with Crippen molar-refractivity contribution in [2.24, 2.45) is 0 Å². The zero-order valence-corrected chi connectivity index (χ0v) is 7.23. The van der Waals surface area contributed by atoms with Gasteiger partial charge in [-0.3, -0.25) is 4.68 Å². The Bertz CT molecular complexity index is 244. The molecule has 0 radical (unpaired) electrons. The van der Waals surface area contributed by atoms with E-state index in [2.05, 4.69) is 5.10 Å². The van der Waals surface area contributed by atoms with Crippen LogP contribution in [0.4, 0.5) is 0 Å². The molecule has 0 aliphatic heterocycles. The summed E-state index contributed by atoms with van der Waals surface area (Å²) in [4.78, 5) is 11.2. The minimum Gasteiger partial charge on any atom is -0.464 e. The average molecular weight is 168 g/mol. The van der Waals surface area contributed by atoms with Gasteiger partial charge >= 0.3 is 5.97 Å². The Morgan fingerprint density at radius 1 is 1.75 bits per heavy atom. The van der Waals surface area contributed by atoms with Gasteiger partial charge in [0.25, 0.3) is 0 Å². The Morgan fingerprint density at radius 2 is 2.50 bits per heavy atom. The summed E-state index contributed by atoms with van der Waals surface area (Å²) in [6.07, 6.45) is 3.37. The van der Waals surface area contributed by atoms with Gasteiger partial charge in [0.1, 0.15) is 6.04 Å². The van der Waals surface area contributed by atoms with Crippen molar-refractivity contribution < 1.29 is 9.53 Å². The molecule has 1 aromatic rings. The van der Waals surface area contributed by atoms with Crippen LogP contribution in [-0.4, -0.2) is 22.4 Å². The molecule has 0 N–H and O–H groups in total. The number of rotatable bonds is 3. The highest BCUT2D eigenvalue weighted by molar-refractivity contribution is 5.73. The van der Waals surface area contributed by atoms with Crippen LogP contribution in [0.25, 0.3) is 0 Å². The van der Waals surface area contributed by atoms with Crippen molar-refractivity contribution in [1.29, 1.82) is 0 Å². The molecule has 0 spiro atoms. The molecule has 0 bridgehead atoms. The van der Waals surface area contributed by atoms with Gasteiger partial charge in [0.05, 0.1) is 6.61 Å². The Labute approximate surface area is 71.1 Å². The van der Waals surface area contributed by atoms with Crippen LogP contribution >= 0.6 is 0 Å². The number of esters is 1. The SMILES string of the molecule is CCOC(=O)C(C)n1cccn1. The zero-order chi connectivity index (χ0) is 8.97. The number of nitrogens with zero attached hydrogens (tertiary/aromatic N) is 2. The molecule has 1 atom stereocenters. The largest absolute Gasteiger partial charge is 0.464 e. The maximum Gasteiger partial charge on any atom is 0.330 e. The molecule has 1 heterocycles. The Morgan fingerprint density at radius 3 is 3.00 bits per heavy atom. The molecule has 66 valence electrons. The minimum atomic E-state index is -0.333. The number of ether oxygens (including phenoxy) is 1. The molecule has 4 nitrogen and oxygen atoms in total. The third-order valence-electron chi connectivity index (χ3n) is 1.55. The monoisotopic (exact) mass is 168 g/mol. The molecule has 0 saturated heterocycles. The lowest BCUT2D eigenvalue weighted by Gasteiger charge is -2.09. The summed E-state index contributed by atoms with van der Waals surface area (Å²) < 4.78 is 6.40. The van der Waals surface area contributed by atoms with Crippen LogP contribution < -0.4 is 0 Å². The van der Waals surface area contributed by atoms with Gasteiger partial charge in [0.2, 0.25) is 0 Å². The smallest absolute Gasteiger partial charge is 0.330 e. The number of carbonyl (C=O) groups excluding carboxylic acids is 1. The van der Waals surface area contributed by atoms with Crippen molar-refractivity contribution in [3.8, 4) is 0 Å². The average Bonchev–Trinajstić information content (AvgIpc) is 2.55. The first-order valence-corrected chi connectivity index (χ1v) is 3.91. The van der Waals surface area contributed by atoms with Crippen molar-refractivity contribution in [3.05, 3.63) is 18.5 Å². The molecule has 4 heteroatoms. The molecule has 0 aromatic carbocycles. The van der Waals surface area contributed by atoms with Crippen LogP contribution in [0.2, 0.25) is 0 Å². The van der Waals surface area contributed by atoms with Gasteiger partial charge in [0, 0.05) is 12.4 Å². The second-order valence-electron chi connectivity index (χ2n) is 2.41. The predicted molar refractivity (Wildman–Crippen MR) is 43.6 cm³/mol. The topological polar surface area (TPSA) is 44.1 Å². The first-order chi connectivity index (χ1) is 5.75. The number of carbonyl (C=O) groups is 1. The maximum atomic E-state index is 11.2. The van der Waals surface area contributed by atoms with Crippen LogP contribution in [0.5, 0.6) is 0 Å². The van der Waals surface area contributed by atoms with Gasteiger partial charge in [-0.1, -0.05) is 0 Å². The van der Waals surface area contributed by atoms with Gasteiger partial charge in [-0.15, -0.1) is 0 Å². The third-order valence-corrected chi connectivity index (χ3v) is 1.55.